The van der Waals surface area contributed by atoms with Crippen LogP contribution in [-0.4, -0.2) is 38.6 Å². The zero-order valence-corrected chi connectivity index (χ0v) is 15.2. The summed E-state index contributed by atoms with van der Waals surface area (Å²) in [5, 5.41) is 13.5. The van der Waals surface area contributed by atoms with Crippen LogP contribution < -0.4 is 5.56 Å². The van der Waals surface area contributed by atoms with Gasteiger partial charge in [-0.05, 0) is 31.6 Å². The SMILES string of the molecule is Cc1[nH]n(CC(=O)N(CCC(C)C)CCC(C)C)c(=O)c1[N+](=O)[O-]. The Balaban J connectivity index is 2.89. The van der Waals surface area contributed by atoms with Crippen molar-refractivity contribution in [3.8, 4) is 0 Å². The molecule has 0 atom stereocenters. The number of nitrogens with one attached hydrogen (secondary N) is 1. The third-order valence-electron chi connectivity index (χ3n) is 3.89. The summed E-state index contributed by atoms with van der Waals surface area (Å²) in [6.07, 6.45) is 1.76. The van der Waals surface area contributed by atoms with E-state index >= 15 is 0 Å². The Morgan fingerprint density at radius 3 is 2.08 bits per heavy atom. The molecule has 0 aliphatic heterocycles. The molecule has 0 saturated heterocycles. The van der Waals surface area contributed by atoms with Gasteiger partial charge < -0.3 is 4.90 Å². The molecule has 0 bridgehead atoms. The first kappa shape index (κ1) is 19.9. The average molecular weight is 340 g/mol. The molecular formula is C16H28N4O4. The summed E-state index contributed by atoms with van der Waals surface area (Å²) < 4.78 is 1.02. The number of amides is 1. The second-order valence-corrected chi connectivity index (χ2v) is 6.98. The monoisotopic (exact) mass is 340 g/mol. The molecule has 8 heteroatoms. The second kappa shape index (κ2) is 8.65. The van der Waals surface area contributed by atoms with E-state index in [1.54, 1.807) is 4.90 Å². The second-order valence-electron chi connectivity index (χ2n) is 6.98. The Kier molecular flexibility index (Phi) is 7.18. The number of H-pyrrole nitrogens is 1. The van der Waals surface area contributed by atoms with Crippen molar-refractivity contribution >= 4 is 11.6 Å². The predicted molar refractivity (Wildman–Crippen MR) is 91.9 cm³/mol. The third-order valence-corrected chi connectivity index (χ3v) is 3.89. The summed E-state index contributed by atoms with van der Waals surface area (Å²) in [7, 11) is 0. The third kappa shape index (κ3) is 5.50. The zero-order valence-electron chi connectivity index (χ0n) is 15.2. The summed E-state index contributed by atoms with van der Waals surface area (Å²) in [6.45, 7) is 10.9. The molecule has 0 fully saturated rings. The van der Waals surface area contributed by atoms with E-state index in [4.69, 9.17) is 0 Å². The van der Waals surface area contributed by atoms with Crippen molar-refractivity contribution in [3.05, 3.63) is 26.2 Å². The highest BCUT2D eigenvalue weighted by atomic mass is 16.6. The van der Waals surface area contributed by atoms with E-state index in [0.717, 1.165) is 17.5 Å². The number of aromatic amines is 1. The minimum absolute atomic E-state index is 0.161. The van der Waals surface area contributed by atoms with Gasteiger partial charge in [-0.25, -0.2) is 4.68 Å². The number of carbonyl (C=O) groups is 1. The molecule has 8 nitrogen and oxygen atoms in total. The molecule has 0 spiro atoms. The van der Waals surface area contributed by atoms with E-state index in [0.29, 0.717) is 24.9 Å². The number of hydrogen-bond acceptors (Lipinski definition) is 4. The van der Waals surface area contributed by atoms with E-state index in [2.05, 4.69) is 32.8 Å². The Morgan fingerprint density at radius 2 is 1.71 bits per heavy atom. The lowest BCUT2D eigenvalue weighted by Crippen LogP contribution is -2.38. The van der Waals surface area contributed by atoms with Crippen LogP contribution in [0.1, 0.15) is 46.2 Å². The van der Waals surface area contributed by atoms with Crippen LogP contribution in [0.25, 0.3) is 0 Å². The van der Waals surface area contributed by atoms with Crippen LogP contribution in [0.3, 0.4) is 0 Å². The first-order valence-electron chi connectivity index (χ1n) is 8.35. The van der Waals surface area contributed by atoms with Gasteiger partial charge in [0.2, 0.25) is 5.91 Å². The van der Waals surface area contributed by atoms with E-state index in [-0.39, 0.29) is 18.1 Å². The molecule has 1 aromatic rings. The minimum atomic E-state index is -0.765. The maximum Gasteiger partial charge on any atom is 0.355 e. The highest BCUT2D eigenvalue weighted by molar-refractivity contribution is 5.76. The van der Waals surface area contributed by atoms with Crippen LogP contribution in [0.15, 0.2) is 4.79 Å². The van der Waals surface area contributed by atoms with Crippen molar-refractivity contribution < 1.29 is 9.72 Å². The number of aryl methyl sites for hydroxylation is 1. The summed E-state index contributed by atoms with van der Waals surface area (Å²) in [5.74, 6) is 0.737. The topological polar surface area (TPSA) is 101 Å². The number of nitro groups is 1. The van der Waals surface area contributed by atoms with Crippen molar-refractivity contribution in [2.45, 2.75) is 54.0 Å². The zero-order chi connectivity index (χ0) is 18.4. The first-order chi connectivity index (χ1) is 11.1. The normalized spacial score (nSPS) is 11.3. The van der Waals surface area contributed by atoms with E-state index in [1.807, 2.05) is 0 Å². The van der Waals surface area contributed by atoms with Crippen LogP contribution in [0.2, 0.25) is 0 Å². The fraction of sp³-hybridized carbons (Fsp3) is 0.750. The van der Waals surface area contributed by atoms with Crippen LogP contribution in [-0.2, 0) is 11.3 Å². The molecular weight excluding hydrogens is 312 g/mol. The molecule has 0 aliphatic carbocycles. The van der Waals surface area contributed by atoms with Gasteiger partial charge in [-0.15, -0.1) is 0 Å². The van der Waals surface area contributed by atoms with Gasteiger partial charge in [0.05, 0.1) is 4.92 Å². The lowest BCUT2D eigenvalue weighted by atomic mass is 10.1. The van der Waals surface area contributed by atoms with Gasteiger partial charge in [-0.1, -0.05) is 27.7 Å². The lowest BCUT2D eigenvalue weighted by molar-refractivity contribution is -0.386. The van der Waals surface area contributed by atoms with Crippen molar-refractivity contribution in [1.82, 2.24) is 14.7 Å². The molecule has 0 radical (unpaired) electrons. The number of aromatic nitrogens is 2. The van der Waals surface area contributed by atoms with Gasteiger partial charge in [0.1, 0.15) is 12.2 Å². The molecule has 0 saturated carbocycles. The standard InChI is InChI=1S/C16H28N4O4/c1-11(2)6-8-18(9-7-12(3)4)14(21)10-19-16(22)15(20(23)24)13(5)17-19/h11-12,17H,6-10H2,1-5H3. The van der Waals surface area contributed by atoms with Crippen molar-refractivity contribution in [1.29, 1.82) is 0 Å². The molecule has 1 rings (SSSR count). The number of hydrogen-bond donors (Lipinski definition) is 1. The van der Waals surface area contributed by atoms with Crippen LogP contribution in [0, 0.1) is 28.9 Å². The smallest absolute Gasteiger partial charge is 0.341 e. The minimum Gasteiger partial charge on any atom is -0.341 e. The van der Waals surface area contributed by atoms with E-state index < -0.39 is 16.2 Å². The Hall–Kier alpha value is -2.12. The fourth-order valence-corrected chi connectivity index (χ4v) is 2.35. The molecule has 0 aromatic carbocycles. The van der Waals surface area contributed by atoms with Crippen LogP contribution >= 0.6 is 0 Å². The van der Waals surface area contributed by atoms with Crippen molar-refractivity contribution in [3.63, 3.8) is 0 Å². The van der Waals surface area contributed by atoms with E-state index in [9.17, 15) is 19.7 Å². The van der Waals surface area contributed by atoms with Crippen LogP contribution in [0.4, 0.5) is 5.69 Å². The molecule has 1 N–H and O–H groups in total. The number of nitrogens with zero attached hydrogens (tertiary/aromatic N) is 3. The summed E-state index contributed by atoms with van der Waals surface area (Å²) in [5.41, 5.74) is -1.11. The van der Waals surface area contributed by atoms with Gasteiger partial charge in [-0.3, -0.25) is 24.8 Å². The summed E-state index contributed by atoms with van der Waals surface area (Å²) in [6, 6.07) is 0. The molecule has 24 heavy (non-hydrogen) atoms. The Labute approximate surface area is 142 Å². The van der Waals surface area contributed by atoms with Gasteiger partial charge >= 0.3 is 11.2 Å². The average Bonchev–Trinajstić information content (AvgIpc) is 2.72. The number of carbonyl (C=O) groups excluding carboxylic acids is 1. The largest absolute Gasteiger partial charge is 0.355 e. The molecule has 0 unspecified atom stereocenters. The lowest BCUT2D eigenvalue weighted by Gasteiger charge is -2.24. The molecule has 0 aliphatic rings. The predicted octanol–water partition coefficient (Wildman–Crippen LogP) is 2.31. The maximum atomic E-state index is 12.6. The summed E-state index contributed by atoms with van der Waals surface area (Å²) >= 11 is 0. The maximum absolute atomic E-state index is 12.6. The van der Waals surface area contributed by atoms with Crippen LogP contribution in [0.5, 0.6) is 0 Å². The summed E-state index contributed by atoms with van der Waals surface area (Å²) in [4.78, 5) is 36.5. The van der Waals surface area contributed by atoms with Gasteiger partial charge in [0.15, 0.2) is 0 Å². The van der Waals surface area contributed by atoms with Gasteiger partial charge in [0, 0.05) is 13.1 Å². The Bertz CT molecular complexity index is 619. The molecule has 1 heterocycles. The number of rotatable bonds is 9. The highest BCUT2D eigenvalue weighted by Gasteiger charge is 2.24. The quantitative estimate of drug-likeness (QED) is 0.550. The van der Waals surface area contributed by atoms with Crippen molar-refractivity contribution in [2.75, 3.05) is 13.1 Å². The highest BCUT2D eigenvalue weighted by Crippen LogP contribution is 2.10. The Morgan fingerprint density at radius 1 is 1.21 bits per heavy atom. The van der Waals surface area contributed by atoms with Gasteiger partial charge in [-0.2, -0.15) is 0 Å². The van der Waals surface area contributed by atoms with Gasteiger partial charge in [0.25, 0.3) is 0 Å². The first-order valence-corrected chi connectivity index (χ1v) is 8.35. The molecule has 1 aromatic heterocycles. The fourth-order valence-electron chi connectivity index (χ4n) is 2.35. The van der Waals surface area contributed by atoms with E-state index in [1.165, 1.54) is 6.92 Å². The molecule has 1 amide bonds. The van der Waals surface area contributed by atoms with Crippen molar-refractivity contribution in [2.24, 2.45) is 11.8 Å². The molecule has 136 valence electrons.